The highest BCUT2D eigenvalue weighted by Crippen LogP contribution is 2.24. The summed E-state index contributed by atoms with van der Waals surface area (Å²) in [5, 5.41) is 21.8. The number of urea groups is 1. The van der Waals surface area contributed by atoms with Crippen LogP contribution in [0.1, 0.15) is 26.2 Å². The molecule has 0 radical (unpaired) electrons. The number of carbonyl (C=O) groups excluding carboxylic acids is 1. The molecule has 2 heterocycles. The van der Waals surface area contributed by atoms with E-state index in [1.54, 1.807) is 6.92 Å². The van der Waals surface area contributed by atoms with Crippen molar-refractivity contribution >= 4 is 12.0 Å². The van der Waals surface area contributed by atoms with Gasteiger partial charge >= 0.3 is 12.0 Å². The standard InChI is InChI=1S/C12H20N2O5/c1-11(18)2-5-14(8-11)10(17)13-12(9(15)16)3-6-19-7-4-12/h18H,2-8H2,1H3,(H,13,17)(H,15,16). The van der Waals surface area contributed by atoms with Crippen molar-refractivity contribution in [3.63, 3.8) is 0 Å². The molecule has 0 spiro atoms. The van der Waals surface area contributed by atoms with Gasteiger partial charge in [-0.05, 0) is 13.3 Å². The predicted octanol–water partition coefficient (Wildman–Crippen LogP) is -0.213. The number of hydrogen-bond donors (Lipinski definition) is 3. The van der Waals surface area contributed by atoms with Crippen LogP contribution < -0.4 is 5.32 Å². The number of hydrogen-bond acceptors (Lipinski definition) is 4. The Balaban J connectivity index is 2.02. The van der Waals surface area contributed by atoms with Gasteiger partial charge in [0.15, 0.2) is 0 Å². The number of carboxylic acid groups (broad SMARTS) is 1. The summed E-state index contributed by atoms with van der Waals surface area (Å²) in [7, 11) is 0. The van der Waals surface area contributed by atoms with Gasteiger partial charge in [0, 0.05) is 32.6 Å². The number of carbonyl (C=O) groups is 2. The van der Waals surface area contributed by atoms with E-state index in [1.807, 2.05) is 0 Å². The fraction of sp³-hybridized carbons (Fsp3) is 0.833. The number of nitrogens with one attached hydrogen (secondary N) is 1. The van der Waals surface area contributed by atoms with E-state index in [9.17, 15) is 19.8 Å². The second-order valence-electron chi connectivity index (χ2n) is 5.60. The van der Waals surface area contributed by atoms with E-state index in [-0.39, 0.29) is 19.4 Å². The van der Waals surface area contributed by atoms with Crippen LogP contribution >= 0.6 is 0 Å². The highest BCUT2D eigenvalue weighted by molar-refractivity contribution is 5.86. The predicted molar refractivity (Wildman–Crippen MR) is 65.8 cm³/mol. The molecule has 1 unspecified atom stereocenters. The zero-order chi connectivity index (χ0) is 14.1. The van der Waals surface area contributed by atoms with Crippen LogP contribution in [0.2, 0.25) is 0 Å². The molecule has 2 aliphatic rings. The van der Waals surface area contributed by atoms with Crippen molar-refractivity contribution in [1.82, 2.24) is 10.2 Å². The molecule has 7 nitrogen and oxygen atoms in total. The monoisotopic (exact) mass is 272 g/mol. The van der Waals surface area contributed by atoms with Crippen molar-refractivity contribution < 1.29 is 24.5 Å². The Kier molecular flexibility index (Phi) is 3.69. The Morgan fingerprint density at radius 3 is 2.37 bits per heavy atom. The summed E-state index contributed by atoms with van der Waals surface area (Å²) < 4.78 is 5.15. The van der Waals surface area contributed by atoms with E-state index < -0.39 is 23.1 Å². The molecule has 2 saturated heterocycles. The lowest BCUT2D eigenvalue weighted by atomic mass is 9.90. The van der Waals surface area contributed by atoms with Crippen LogP contribution in [0.15, 0.2) is 0 Å². The van der Waals surface area contributed by atoms with Crippen LogP contribution in [-0.2, 0) is 9.53 Å². The molecular formula is C12H20N2O5. The molecule has 0 saturated carbocycles. The van der Waals surface area contributed by atoms with Gasteiger partial charge < -0.3 is 25.2 Å². The van der Waals surface area contributed by atoms with Crippen LogP contribution in [-0.4, -0.2) is 64.6 Å². The highest BCUT2D eigenvalue weighted by atomic mass is 16.5. The van der Waals surface area contributed by atoms with Gasteiger partial charge in [0.25, 0.3) is 0 Å². The first-order valence-corrected chi connectivity index (χ1v) is 6.45. The molecule has 19 heavy (non-hydrogen) atoms. The van der Waals surface area contributed by atoms with E-state index in [0.29, 0.717) is 26.2 Å². The lowest BCUT2D eigenvalue weighted by Crippen LogP contribution is -2.60. The van der Waals surface area contributed by atoms with Crippen LogP contribution in [0.3, 0.4) is 0 Å². The first kappa shape index (κ1) is 14.1. The van der Waals surface area contributed by atoms with E-state index in [2.05, 4.69) is 5.32 Å². The molecule has 7 heteroatoms. The normalized spacial score (nSPS) is 30.1. The largest absolute Gasteiger partial charge is 0.480 e. The van der Waals surface area contributed by atoms with Gasteiger partial charge in [0.2, 0.25) is 0 Å². The average molecular weight is 272 g/mol. The summed E-state index contributed by atoms with van der Waals surface area (Å²) in [4.78, 5) is 25.0. The molecular weight excluding hydrogens is 252 g/mol. The van der Waals surface area contributed by atoms with Gasteiger partial charge in [0.05, 0.1) is 12.1 Å². The van der Waals surface area contributed by atoms with Gasteiger partial charge in [-0.1, -0.05) is 0 Å². The molecule has 2 amide bonds. The van der Waals surface area contributed by atoms with Gasteiger partial charge in [-0.15, -0.1) is 0 Å². The summed E-state index contributed by atoms with van der Waals surface area (Å²) in [5.41, 5.74) is -2.13. The first-order chi connectivity index (χ1) is 8.85. The van der Waals surface area contributed by atoms with Gasteiger partial charge in [-0.3, -0.25) is 0 Å². The van der Waals surface area contributed by atoms with Crippen molar-refractivity contribution in [2.75, 3.05) is 26.3 Å². The number of rotatable bonds is 2. The Labute approximate surface area is 111 Å². The second kappa shape index (κ2) is 4.97. The number of aliphatic hydroxyl groups is 1. The third-order valence-electron chi connectivity index (χ3n) is 3.84. The third kappa shape index (κ3) is 2.98. The molecule has 0 aromatic heterocycles. The molecule has 0 aromatic carbocycles. The van der Waals surface area contributed by atoms with Gasteiger partial charge in [0.1, 0.15) is 5.54 Å². The number of amides is 2. The SMILES string of the molecule is CC1(O)CCN(C(=O)NC2(C(=O)O)CCOCC2)C1. The van der Waals surface area contributed by atoms with E-state index in [0.717, 1.165) is 0 Å². The van der Waals surface area contributed by atoms with Gasteiger partial charge in [-0.25, -0.2) is 9.59 Å². The zero-order valence-electron chi connectivity index (χ0n) is 11.0. The van der Waals surface area contributed by atoms with Gasteiger partial charge in [-0.2, -0.15) is 0 Å². The van der Waals surface area contributed by atoms with E-state index in [4.69, 9.17) is 4.74 Å². The lowest BCUT2D eigenvalue weighted by Gasteiger charge is -2.35. The van der Waals surface area contributed by atoms with Crippen molar-refractivity contribution in [3.05, 3.63) is 0 Å². The maximum atomic E-state index is 12.1. The second-order valence-corrected chi connectivity index (χ2v) is 5.60. The van der Waals surface area contributed by atoms with E-state index >= 15 is 0 Å². The van der Waals surface area contributed by atoms with Crippen molar-refractivity contribution in [1.29, 1.82) is 0 Å². The molecule has 108 valence electrons. The van der Waals surface area contributed by atoms with Crippen LogP contribution in [0, 0.1) is 0 Å². The van der Waals surface area contributed by atoms with Crippen LogP contribution in [0.5, 0.6) is 0 Å². The van der Waals surface area contributed by atoms with E-state index in [1.165, 1.54) is 4.90 Å². The summed E-state index contributed by atoms with van der Waals surface area (Å²) in [5.74, 6) is -1.03. The Morgan fingerprint density at radius 2 is 1.89 bits per heavy atom. The van der Waals surface area contributed by atoms with Crippen LogP contribution in [0.25, 0.3) is 0 Å². The molecule has 2 fully saturated rings. The summed E-state index contributed by atoms with van der Waals surface area (Å²) in [6.45, 7) is 2.98. The first-order valence-electron chi connectivity index (χ1n) is 6.45. The fourth-order valence-electron chi connectivity index (χ4n) is 2.51. The van der Waals surface area contributed by atoms with Crippen molar-refractivity contribution in [2.24, 2.45) is 0 Å². The maximum absolute atomic E-state index is 12.1. The maximum Gasteiger partial charge on any atom is 0.329 e. The summed E-state index contributed by atoms with van der Waals surface area (Å²) in [6.07, 6.45) is 1.03. The smallest absolute Gasteiger partial charge is 0.329 e. The topological polar surface area (TPSA) is 99.1 Å². The number of ether oxygens (including phenoxy) is 1. The molecule has 3 N–H and O–H groups in total. The zero-order valence-corrected chi connectivity index (χ0v) is 11.0. The Morgan fingerprint density at radius 1 is 1.26 bits per heavy atom. The van der Waals surface area contributed by atoms with Crippen molar-refractivity contribution in [3.8, 4) is 0 Å². The number of nitrogens with zero attached hydrogens (tertiary/aromatic N) is 1. The molecule has 0 aromatic rings. The Hall–Kier alpha value is -1.34. The summed E-state index contributed by atoms with van der Waals surface area (Å²) in [6, 6.07) is -0.429. The number of β-amino-alcohol motifs (C(OH)–C–C–N with tert-alkyl or cyclic N) is 1. The summed E-state index contributed by atoms with van der Waals surface area (Å²) >= 11 is 0. The quantitative estimate of drug-likeness (QED) is 0.646. The lowest BCUT2D eigenvalue weighted by molar-refractivity contribution is -0.148. The van der Waals surface area contributed by atoms with Crippen molar-refractivity contribution in [2.45, 2.75) is 37.3 Å². The molecule has 2 rings (SSSR count). The third-order valence-corrected chi connectivity index (χ3v) is 3.84. The van der Waals surface area contributed by atoms with Crippen LogP contribution in [0.4, 0.5) is 4.79 Å². The minimum absolute atomic E-state index is 0.227. The molecule has 0 bridgehead atoms. The minimum Gasteiger partial charge on any atom is -0.480 e. The molecule has 0 aliphatic carbocycles. The number of carboxylic acids is 1. The Bertz CT molecular complexity index is 376. The highest BCUT2D eigenvalue weighted by Gasteiger charge is 2.44. The fourth-order valence-corrected chi connectivity index (χ4v) is 2.51. The average Bonchev–Trinajstić information content (AvgIpc) is 2.71. The number of aliphatic carboxylic acids is 1. The number of likely N-dealkylation sites (tertiary alicyclic amines) is 1. The molecule has 1 atom stereocenters. The molecule has 2 aliphatic heterocycles. The minimum atomic E-state index is -1.25.